The summed E-state index contributed by atoms with van der Waals surface area (Å²) in [6.07, 6.45) is -1.16. The van der Waals surface area contributed by atoms with E-state index >= 15 is 0 Å². The maximum absolute atomic E-state index is 13.1. The highest BCUT2D eigenvalue weighted by atomic mass is 35.5. The van der Waals surface area contributed by atoms with Crippen LogP contribution in [0.15, 0.2) is 72.8 Å². The van der Waals surface area contributed by atoms with Crippen LogP contribution in [0, 0.1) is 6.92 Å². The van der Waals surface area contributed by atoms with Crippen molar-refractivity contribution >= 4 is 29.2 Å². The van der Waals surface area contributed by atoms with Crippen molar-refractivity contribution in [1.29, 1.82) is 0 Å². The Labute approximate surface area is 174 Å². The number of ether oxygens (including phenoxy) is 2. The van der Waals surface area contributed by atoms with Crippen molar-refractivity contribution in [3.05, 3.63) is 94.5 Å². The molecule has 0 aliphatic carbocycles. The van der Waals surface area contributed by atoms with E-state index in [0.29, 0.717) is 17.0 Å². The Kier molecular flexibility index (Phi) is 6.52. The van der Waals surface area contributed by atoms with Gasteiger partial charge in [-0.1, -0.05) is 60.1 Å². The Morgan fingerprint density at radius 1 is 0.966 bits per heavy atom. The molecule has 3 rings (SSSR count). The summed E-state index contributed by atoms with van der Waals surface area (Å²) in [5.41, 5.74) is 2.17. The molecule has 0 radical (unpaired) electrons. The average molecular weight is 410 g/mol. The zero-order chi connectivity index (χ0) is 20.8. The zero-order valence-electron chi connectivity index (χ0n) is 16.0. The Bertz CT molecular complexity index is 1020. The molecular weight excluding hydrogens is 390 g/mol. The van der Waals surface area contributed by atoms with Crippen molar-refractivity contribution in [2.24, 2.45) is 0 Å². The van der Waals surface area contributed by atoms with Gasteiger partial charge in [-0.05, 0) is 36.8 Å². The first-order valence-corrected chi connectivity index (χ1v) is 9.33. The third-order valence-corrected chi connectivity index (χ3v) is 4.60. The predicted octanol–water partition coefficient (Wildman–Crippen LogP) is 5.19. The van der Waals surface area contributed by atoms with Crippen LogP contribution in [0.2, 0.25) is 5.02 Å². The minimum atomic E-state index is -1.16. The second-order valence-corrected chi connectivity index (χ2v) is 6.78. The number of nitrogens with one attached hydrogen (secondary N) is 1. The Balaban J connectivity index is 1.90. The van der Waals surface area contributed by atoms with Crippen molar-refractivity contribution in [3.8, 4) is 5.75 Å². The lowest BCUT2D eigenvalue weighted by Gasteiger charge is -2.19. The van der Waals surface area contributed by atoms with Gasteiger partial charge in [-0.3, -0.25) is 4.79 Å². The summed E-state index contributed by atoms with van der Waals surface area (Å²) >= 11 is 6.10. The zero-order valence-corrected chi connectivity index (χ0v) is 16.8. The summed E-state index contributed by atoms with van der Waals surface area (Å²) in [5, 5.41) is 3.05. The van der Waals surface area contributed by atoms with E-state index in [1.54, 1.807) is 60.7 Å². The number of carbonyl (C=O) groups excluding carboxylic acids is 2. The van der Waals surface area contributed by atoms with Gasteiger partial charge < -0.3 is 14.8 Å². The topological polar surface area (TPSA) is 64.6 Å². The van der Waals surface area contributed by atoms with Gasteiger partial charge in [-0.2, -0.15) is 0 Å². The van der Waals surface area contributed by atoms with Gasteiger partial charge in [0.15, 0.2) is 0 Å². The first-order chi connectivity index (χ1) is 14.0. The summed E-state index contributed by atoms with van der Waals surface area (Å²) in [4.78, 5) is 25.7. The minimum Gasteiger partial charge on any atom is -0.495 e. The van der Waals surface area contributed by atoms with Gasteiger partial charge in [0.25, 0.3) is 5.91 Å². The fourth-order valence-corrected chi connectivity index (χ4v) is 3.03. The van der Waals surface area contributed by atoms with Crippen LogP contribution in [0.3, 0.4) is 0 Å². The third-order valence-electron chi connectivity index (χ3n) is 4.27. The van der Waals surface area contributed by atoms with E-state index in [-0.39, 0.29) is 10.6 Å². The largest absolute Gasteiger partial charge is 0.495 e. The number of halogens is 1. The maximum atomic E-state index is 13.1. The van der Waals surface area contributed by atoms with Crippen LogP contribution in [0.1, 0.15) is 27.6 Å². The molecule has 0 saturated heterocycles. The van der Waals surface area contributed by atoms with Crippen LogP contribution in [0.25, 0.3) is 0 Å². The van der Waals surface area contributed by atoms with Gasteiger partial charge in [0, 0.05) is 5.56 Å². The number of hydrogen-bond donors (Lipinski definition) is 1. The summed E-state index contributed by atoms with van der Waals surface area (Å²) in [6.45, 7) is 1.90. The molecule has 1 atom stereocenters. The van der Waals surface area contributed by atoms with E-state index in [4.69, 9.17) is 21.1 Å². The Morgan fingerprint density at radius 2 is 1.66 bits per heavy atom. The van der Waals surface area contributed by atoms with E-state index in [1.165, 1.54) is 7.11 Å². The normalized spacial score (nSPS) is 11.4. The highest BCUT2D eigenvalue weighted by molar-refractivity contribution is 6.33. The average Bonchev–Trinajstić information content (AvgIpc) is 2.73. The number of carbonyl (C=O) groups is 2. The van der Waals surface area contributed by atoms with Crippen LogP contribution in [-0.2, 0) is 9.53 Å². The fourth-order valence-electron chi connectivity index (χ4n) is 2.82. The second kappa shape index (κ2) is 9.26. The number of anilines is 1. The minimum absolute atomic E-state index is 0.191. The summed E-state index contributed by atoms with van der Waals surface area (Å²) in [6, 6.07) is 20.8. The van der Waals surface area contributed by atoms with E-state index in [1.807, 2.05) is 19.1 Å². The third kappa shape index (κ3) is 4.95. The maximum Gasteiger partial charge on any atom is 0.340 e. The lowest BCUT2D eigenvalue weighted by atomic mass is 10.1. The van der Waals surface area contributed by atoms with E-state index in [0.717, 1.165) is 5.56 Å². The predicted molar refractivity (Wildman–Crippen MR) is 112 cm³/mol. The molecule has 0 fully saturated rings. The van der Waals surface area contributed by atoms with E-state index in [9.17, 15) is 9.59 Å². The molecule has 1 N–H and O–H groups in total. The summed E-state index contributed by atoms with van der Waals surface area (Å²) in [5.74, 6) is -0.676. The Hall–Kier alpha value is -3.31. The molecule has 3 aromatic rings. The molecule has 0 heterocycles. The molecule has 6 heteroatoms. The molecule has 0 aliphatic rings. The molecule has 0 aromatic heterocycles. The molecule has 5 nitrogen and oxygen atoms in total. The van der Waals surface area contributed by atoms with Crippen molar-refractivity contribution in [3.63, 3.8) is 0 Å². The van der Waals surface area contributed by atoms with E-state index in [2.05, 4.69) is 5.32 Å². The molecule has 3 aromatic carbocycles. The number of hydrogen-bond acceptors (Lipinski definition) is 4. The van der Waals surface area contributed by atoms with Gasteiger partial charge in [0.05, 0.1) is 23.4 Å². The van der Waals surface area contributed by atoms with E-state index < -0.39 is 18.0 Å². The van der Waals surface area contributed by atoms with Gasteiger partial charge >= 0.3 is 5.97 Å². The number of amides is 1. The van der Waals surface area contributed by atoms with Gasteiger partial charge in [-0.15, -0.1) is 0 Å². The SMILES string of the molecule is COc1ccc(C)cc1NC(=O)[C@@H](OC(=O)c1ccccc1Cl)c1ccccc1. The van der Waals surface area contributed by atoms with Gasteiger partial charge in [-0.25, -0.2) is 4.79 Å². The Morgan fingerprint density at radius 3 is 2.34 bits per heavy atom. The summed E-state index contributed by atoms with van der Waals surface area (Å²) in [7, 11) is 1.52. The fraction of sp³-hybridized carbons (Fsp3) is 0.130. The lowest BCUT2D eigenvalue weighted by molar-refractivity contribution is -0.125. The van der Waals surface area contributed by atoms with Gasteiger partial charge in [0.1, 0.15) is 5.75 Å². The number of esters is 1. The molecule has 1 amide bonds. The number of benzene rings is 3. The lowest BCUT2D eigenvalue weighted by Crippen LogP contribution is -2.26. The van der Waals surface area contributed by atoms with Crippen molar-refractivity contribution < 1.29 is 19.1 Å². The molecule has 0 aliphatic heterocycles. The molecule has 0 bridgehead atoms. The monoisotopic (exact) mass is 409 g/mol. The summed E-state index contributed by atoms with van der Waals surface area (Å²) < 4.78 is 10.9. The highest BCUT2D eigenvalue weighted by Gasteiger charge is 2.27. The quantitative estimate of drug-likeness (QED) is 0.569. The second-order valence-electron chi connectivity index (χ2n) is 6.37. The number of methoxy groups -OCH3 is 1. The van der Waals surface area contributed by atoms with Crippen LogP contribution in [-0.4, -0.2) is 19.0 Å². The molecule has 0 spiro atoms. The molecule has 29 heavy (non-hydrogen) atoms. The standard InChI is InChI=1S/C23H20ClNO4/c1-15-12-13-20(28-2)19(14-15)25-22(26)21(16-8-4-3-5-9-16)29-23(27)17-10-6-7-11-18(17)24/h3-14,21H,1-2H3,(H,25,26)/t21-/m0/s1. The van der Waals surface area contributed by atoms with Crippen LogP contribution in [0.4, 0.5) is 5.69 Å². The highest BCUT2D eigenvalue weighted by Crippen LogP contribution is 2.28. The van der Waals surface area contributed by atoms with Crippen molar-refractivity contribution in [2.45, 2.75) is 13.0 Å². The van der Waals surface area contributed by atoms with Crippen LogP contribution >= 0.6 is 11.6 Å². The smallest absolute Gasteiger partial charge is 0.340 e. The van der Waals surface area contributed by atoms with Gasteiger partial charge in [0.2, 0.25) is 6.10 Å². The molecular formula is C23H20ClNO4. The molecule has 0 unspecified atom stereocenters. The molecule has 148 valence electrons. The van der Waals surface area contributed by atoms with Crippen molar-refractivity contribution in [2.75, 3.05) is 12.4 Å². The number of aryl methyl sites for hydroxylation is 1. The first-order valence-electron chi connectivity index (χ1n) is 8.95. The number of rotatable bonds is 6. The molecule has 0 saturated carbocycles. The van der Waals surface area contributed by atoms with Crippen molar-refractivity contribution in [1.82, 2.24) is 0 Å². The first kappa shape index (κ1) is 20.4. The van der Waals surface area contributed by atoms with Crippen LogP contribution in [0.5, 0.6) is 5.75 Å². The van der Waals surface area contributed by atoms with Crippen LogP contribution < -0.4 is 10.1 Å².